The van der Waals surface area contributed by atoms with Gasteiger partial charge in [0, 0.05) is 26.7 Å². The highest BCUT2D eigenvalue weighted by atomic mass is 35.5. The number of rotatable bonds is 8. The number of hydrogen-bond acceptors (Lipinski definition) is 4. The van der Waals surface area contributed by atoms with Crippen molar-refractivity contribution in [3.63, 3.8) is 0 Å². The minimum absolute atomic E-state index is 0.193. The molecule has 1 unspecified atom stereocenters. The molecule has 0 aliphatic carbocycles. The van der Waals surface area contributed by atoms with Crippen LogP contribution in [-0.4, -0.2) is 52.7 Å². The quantitative estimate of drug-likeness (QED) is 0.706. The number of piperidine rings is 1. The second-order valence-corrected chi connectivity index (χ2v) is 8.12. The van der Waals surface area contributed by atoms with Gasteiger partial charge in [-0.1, -0.05) is 23.7 Å². The molecule has 6 nitrogen and oxygen atoms in total. The van der Waals surface area contributed by atoms with E-state index in [1.165, 1.54) is 4.31 Å². The first-order valence-electron chi connectivity index (χ1n) is 8.05. The lowest BCUT2D eigenvalue weighted by Gasteiger charge is -2.31. The fourth-order valence-electron chi connectivity index (χ4n) is 2.83. The number of nitrogens with one attached hydrogen (secondary N) is 1. The highest BCUT2D eigenvalue weighted by molar-refractivity contribution is 7.87. The summed E-state index contributed by atoms with van der Waals surface area (Å²) >= 11 is 6.08. The SMILES string of the molecule is COCC1CCCN(S(=O)(=O)NCCOc2c(C)cccc2Cl)C1. The van der Waals surface area contributed by atoms with Crippen molar-refractivity contribution in [2.45, 2.75) is 19.8 Å². The molecule has 0 aromatic heterocycles. The zero-order valence-electron chi connectivity index (χ0n) is 14.1. The normalized spacial score (nSPS) is 19.4. The van der Waals surface area contributed by atoms with Crippen molar-refractivity contribution in [1.29, 1.82) is 0 Å². The molecule has 1 heterocycles. The van der Waals surface area contributed by atoms with Crippen LogP contribution in [0, 0.1) is 12.8 Å². The van der Waals surface area contributed by atoms with Gasteiger partial charge < -0.3 is 9.47 Å². The van der Waals surface area contributed by atoms with E-state index in [4.69, 9.17) is 21.1 Å². The second-order valence-electron chi connectivity index (χ2n) is 5.96. The van der Waals surface area contributed by atoms with E-state index < -0.39 is 10.2 Å². The summed E-state index contributed by atoms with van der Waals surface area (Å²) in [4.78, 5) is 0. The topological polar surface area (TPSA) is 67.9 Å². The van der Waals surface area contributed by atoms with Crippen molar-refractivity contribution in [3.05, 3.63) is 28.8 Å². The van der Waals surface area contributed by atoms with Crippen LogP contribution >= 0.6 is 11.6 Å². The molecule has 0 bridgehead atoms. The van der Waals surface area contributed by atoms with E-state index in [1.54, 1.807) is 13.2 Å². The zero-order chi connectivity index (χ0) is 17.6. The van der Waals surface area contributed by atoms with Crippen molar-refractivity contribution >= 4 is 21.8 Å². The largest absolute Gasteiger partial charge is 0.490 e. The van der Waals surface area contributed by atoms with Crippen LogP contribution in [0.25, 0.3) is 0 Å². The average molecular weight is 377 g/mol. The minimum atomic E-state index is -3.49. The fraction of sp³-hybridized carbons (Fsp3) is 0.625. The number of methoxy groups -OCH3 is 1. The highest BCUT2D eigenvalue weighted by Crippen LogP contribution is 2.27. The Morgan fingerprint density at radius 3 is 2.92 bits per heavy atom. The molecule has 1 aliphatic heterocycles. The van der Waals surface area contributed by atoms with Gasteiger partial charge in [0.1, 0.15) is 12.4 Å². The van der Waals surface area contributed by atoms with E-state index >= 15 is 0 Å². The van der Waals surface area contributed by atoms with Crippen LogP contribution in [0.2, 0.25) is 5.02 Å². The number of aryl methyl sites for hydroxylation is 1. The van der Waals surface area contributed by atoms with E-state index in [0.717, 1.165) is 18.4 Å². The zero-order valence-corrected chi connectivity index (χ0v) is 15.7. The minimum Gasteiger partial charge on any atom is -0.490 e. The first-order chi connectivity index (χ1) is 11.4. The Kier molecular flexibility index (Phi) is 7.31. The molecule has 1 N–H and O–H groups in total. The smallest absolute Gasteiger partial charge is 0.279 e. The maximum absolute atomic E-state index is 12.4. The Morgan fingerprint density at radius 1 is 1.42 bits per heavy atom. The summed E-state index contributed by atoms with van der Waals surface area (Å²) in [5, 5.41) is 0.524. The standard InChI is InChI=1S/C16H25ClN2O4S/c1-13-5-3-7-15(17)16(13)23-10-8-18-24(20,21)19-9-4-6-14(11-19)12-22-2/h3,5,7,14,18H,4,6,8-12H2,1-2H3. The van der Waals surface area contributed by atoms with Crippen LogP contribution in [0.3, 0.4) is 0 Å². The Hall–Kier alpha value is -0.860. The molecule has 0 radical (unpaired) electrons. The summed E-state index contributed by atoms with van der Waals surface area (Å²) < 4.78 is 39.6. The summed E-state index contributed by atoms with van der Waals surface area (Å²) in [5.74, 6) is 0.846. The van der Waals surface area contributed by atoms with Crippen LogP contribution < -0.4 is 9.46 Å². The number of para-hydroxylation sites is 1. The van der Waals surface area contributed by atoms with Gasteiger partial charge in [-0.3, -0.25) is 0 Å². The number of halogens is 1. The molecule has 8 heteroatoms. The molecule has 1 atom stereocenters. The van der Waals surface area contributed by atoms with Crippen molar-refractivity contribution in [2.24, 2.45) is 5.92 Å². The predicted molar refractivity (Wildman–Crippen MR) is 94.8 cm³/mol. The Bertz CT molecular complexity index is 617. The highest BCUT2D eigenvalue weighted by Gasteiger charge is 2.28. The van der Waals surface area contributed by atoms with E-state index in [-0.39, 0.29) is 19.1 Å². The number of benzene rings is 1. The third-order valence-corrected chi connectivity index (χ3v) is 5.90. The van der Waals surface area contributed by atoms with Crippen LogP contribution in [-0.2, 0) is 14.9 Å². The number of hydrogen-bond donors (Lipinski definition) is 1. The first kappa shape index (κ1) is 19.5. The molecular weight excluding hydrogens is 352 g/mol. The van der Waals surface area contributed by atoms with E-state index in [1.807, 2.05) is 19.1 Å². The second kappa shape index (κ2) is 9.01. The molecule has 1 aliphatic rings. The summed E-state index contributed by atoms with van der Waals surface area (Å²) in [6.45, 7) is 3.93. The third-order valence-electron chi connectivity index (χ3n) is 4.02. The lowest BCUT2D eigenvalue weighted by atomic mass is 10.0. The number of nitrogens with zero attached hydrogens (tertiary/aromatic N) is 1. The third kappa shape index (κ3) is 5.32. The Morgan fingerprint density at radius 2 is 2.21 bits per heavy atom. The molecule has 2 rings (SSSR count). The van der Waals surface area contributed by atoms with Gasteiger partial charge >= 0.3 is 0 Å². The molecule has 1 aromatic carbocycles. The average Bonchev–Trinajstić information content (AvgIpc) is 2.54. The van der Waals surface area contributed by atoms with Crippen LogP contribution in [0.4, 0.5) is 0 Å². The van der Waals surface area contributed by atoms with Crippen molar-refractivity contribution in [2.75, 3.05) is 40.0 Å². The number of ether oxygens (including phenoxy) is 2. The summed E-state index contributed by atoms with van der Waals surface area (Å²) in [6, 6.07) is 5.49. The van der Waals surface area contributed by atoms with Gasteiger partial charge in [0.2, 0.25) is 0 Å². The molecule has 1 aromatic rings. The van der Waals surface area contributed by atoms with Gasteiger partial charge in [0.15, 0.2) is 0 Å². The van der Waals surface area contributed by atoms with Crippen LogP contribution in [0.5, 0.6) is 5.75 Å². The van der Waals surface area contributed by atoms with Crippen LogP contribution in [0.1, 0.15) is 18.4 Å². The first-order valence-corrected chi connectivity index (χ1v) is 9.87. The molecule has 0 saturated carbocycles. The molecule has 1 saturated heterocycles. The van der Waals surface area contributed by atoms with Gasteiger partial charge in [0.25, 0.3) is 10.2 Å². The monoisotopic (exact) mass is 376 g/mol. The summed E-state index contributed by atoms with van der Waals surface area (Å²) in [7, 11) is -1.86. The Balaban J connectivity index is 1.82. The van der Waals surface area contributed by atoms with E-state index in [0.29, 0.717) is 30.5 Å². The van der Waals surface area contributed by atoms with Gasteiger partial charge in [0.05, 0.1) is 11.6 Å². The molecule has 0 amide bonds. The predicted octanol–water partition coefficient (Wildman–Crippen LogP) is 2.22. The van der Waals surface area contributed by atoms with Crippen molar-refractivity contribution in [1.82, 2.24) is 9.03 Å². The van der Waals surface area contributed by atoms with Gasteiger partial charge in [-0.15, -0.1) is 0 Å². The van der Waals surface area contributed by atoms with E-state index in [9.17, 15) is 8.42 Å². The van der Waals surface area contributed by atoms with E-state index in [2.05, 4.69) is 4.72 Å². The molecule has 24 heavy (non-hydrogen) atoms. The van der Waals surface area contributed by atoms with Crippen molar-refractivity contribution < 1.29 is 17.9 Å². The fourth-order valence-corrected chi connectivity index (χ4v) is 4.41. The molecule has 1 fully saturated rings. The summed E-state index contributed by atoms with van der Waals surface area (Å²) in [5.41, 5.74) is 0.920. The molecule has 136 valence electrons. The van der Waals surface area contributed by atoms with Crippen LogP contribution in [0.15, 0.2) is 18.2 Å². The molecular formula is C16H25ClN2O4S. The lowest BCUT2D eigenvalue weighted by Crippen LogP contribution is -2.47. The maximum atomic E-state index is 12.4. The maximum Gasteiger partial charge on any atom is 0.279 e. The van der Waals surface area contributed by atoms with Crippen molar-refractivity contribution in [3.8, 4) is 5.75 Å². The van der Waals surface area contributed by atoms with Gasteiger partial charge in [-0.05, 0) is 37.3 Å². The lowest BCUT2D eigenvalue weighted by molar-refractivity contribution is 0.118. The summed E-state index contributed by atoms with van der Waals surface area (Å²) in [6.07, 6.45) is 1.85. The van der Waals surface area contributed by atoms with Gasteiger partial charge in [-0.25, -0.2) is 0 Å². The molecule has 0 spiro atoms. The van der Waals surface area contributed by atoms with Gasteiger partial charge in [-0.2, -0.15) is 17.4 Å². The Labute approximate surface area is 149 Å².